The number of hydrogen-bond acceptors (Lipinski definition) is 3. The first kappa shape index (κ1) is 19.3. The molecule has 3 aromatic carbocycles. The van der Waals surface area contributed by atoms with Gasteiger partial charge in [-0.05, 0) is 61.0 Å². The van der Waals surface area contributed by atoms with E-state index in [0.29, 0.717) is 23.3 Å². The molecule has 3 aromatic rings. The number of ether oxygens (including phenoxy) is 2. The van der Waals surface area contributed by atoms with Gasteiger partial charge in [-0.25, -0.2) is 0 Å². The minimum Gasteiger partial charge on any atom is -0.494 e. The van der Waals surface area contributed by atoms with Gasteiger partial charge in [0.05, 0.1) is 12.3 Å². The van der Waals surface area contributed by atoms with Gasteiger partial charge in [0, 0.05) is 21.8 Å². The summed E-state index contributed by atoms with van der Waals surface area (Å²) >= 11 is 12.1. The van der Waals surface area contributed by atoms with Crippen LogP contribution in [0.3, 0.4) is 0 Å². The first-order chi connectivity index (χ1) is 13.1. The molecule has 0 aliphatic heterocycles. The number of halogens is 2. The maximum atomic E-state index is 6.18. The quantitative estimate of drug-likeness (QED) is 0.412. The molecule has 0 spiro atoms. The van der Waals surface area contributed by atoms with Crippen molar-refractivity contribution in [2.75, 3.05) is 6.61 Å². The highest BCUT2D eigenvalue weighted by Gasteiger charge is 2.03. The van der Waals surface area contributed by atoms with Crippen LogP contribution in [0.25, 0.3) is 0 Å². The lowest BCUT2D eigenvalue weighted by atomic mass is 10.2. The lowest BCUT2D eigenvalue weighted by molar-refractivity contribution is 0.306. The number of aliphatic imine (C=N–C) groups is 1. The predicted octanol–water partition coefficient (Wildman–Crippen LogP) is 6.72. The number of rotatable bonds is 7. The molecule has 0 aromatic heterocycles. The zero-order valence-corrected chi connectivity index (χ0v) is 16.4. The van der Waals surface area contributed by atoms with Gasteiger partial charge >= 0.3 is 0 Å². The minimum absolute atomic E-state index is 0.371. The molecular weight excluding hydrogens is 381 g/mol. The summed E-state index contributed by atoms with van der Waals surface area (Å²) in [6.07, 6.45) is 1.80. The van der Waals surface area contributed by atoms with Crippen LogP contribution in [0, 0.1) is 0 Å². The zero-order chi connectivity index (χ0) is 19.1. The van der Waals surface area contributed by atoms with E-state index in [0.717, 1.165) is 28.3 Å². The van der Waals surface area contributed by atoms with Crippen LogP contribution in [0.5, 0.6) is 11.5 Å². The molecule has 0 fully saturated rings. The predicted molar refractivity (Wildman–Crippen MR) is 112 cm³/mol. The summed E-state index contributed by atoms with van der Waals surface area (Å²) in [4.78, 5) is 4.49. The second-order valence-corrected chi connectivity index (χ2v) is 6.63. The largest absolute Gasteiger partial charge is 0.494 e. The van der Waals surface area contributed by atoms with Gasteiger partial charge in [-0.1, -0.05) is 41.4 Å². The molecule has 0 bridgehead atoms. The second kappa shape index (κ2) is 9.45. The summed E-state index contributed by atoms with van der Waals surface area (Å²) in [6.45, 7) is 2.98. The Balaban J connectivity index is 1.64. The van der Waals surface area contributed by atoms with Crippen molar-refractivity contribution in [3.8, 4) is 11.5 Å². The van der Waals surface area contributed by atoms with Gasteiger partial charge < -0.3 is 9.47 Å². The first-order valence-electron chi connectivity index (χ1n) is 8.58. The Morgan fingerprint density at radius 2 is 1.70 bits per heavy atom. The molecule has 3 rings (SSSR count). The molecule has 138 valence electrons. The Kier molecular flexibility index (Phi) is 6.74. The van der Waals surface area contributed by atoms with Crippen molar-refractivity contribution in [1.82, 2.24) is 0 Å². The van der Waals surface area contributed by atoms with Gasteiger partial charge in [0.15, 0.2) is 0 Å². The third-order valence-electron chi connectivity index (χ3n) is 3.78. The molecule has 0 amide bonds. The minimum atomic E-state index is 0.371. The molecule has 0 heterocycles. The van der Waals surface area contributed by atoms with Crippen LogP contribution in [-0.2, 0) is 6.61 Å². The van der Waals surface area contributed by atoms with Crippen molar-refractivity contribution in [3.63, 3.8) is 0 Å². The van der Waals surface area contributed by atoms with E-state index in [4.69, 9.17) is 32.7 Å². The van der Waals surface area contributed by atoms with Gasteiger partial charge in [0.25, 0.3) is 0 Å². The normalized spacial score (nSPS) is 10.9. The molecule has 0 aliphatic carbocycles. The van der Waals surface area contributed by atoms with Crippen LogP contribution in [0.2, 0.25) is 10.0 Å². The summed E-state index contributed by atoms with van der Waals surface area (Å²) in [5.74, 6) is 1.59. The van der Waals surface area contributed by atoms with Gasteiger partial charge in [-0.3, -0.25) is 4.99 Å². The fourth-order valence-corrected chi connectivity index (χ4v) is 2.89. The summed E-state index contributed by atoms with van der Waals surface area (Å²) < 4.78 is 11.3. The zero-order valence-electron chi connectivity index (χ0n) is 14.9. The molecule has 27 heavy (non-hydrogen) atoms. The van der Waals surface area contributed by atoms with E-state index in [1.807, 2.05) is 61.5 Å². The van der Waals surface area contributed by atoms with Crippen molar-refractivity contribution in [2.45, 2.75) is 13.5 Å². The van der Waals surface area contributed by atoms with E-state index >= 15 is 0 Å². The third kappa shape index (κ3) is 5.75. The van der Waals surface area contributed by atoms with Gasteiger partial charge in [-0.15, -0.1) is 0 Å². The van der Waals surface area contributed by atoms with Crippen molar-refractivity contribution >= 4 is 35.1 Å². The average molecular weight is 400 g/mol. The Morgan fingerprint density at radius 1 is 0.889 bits per heavy atom. The molecule has 0 aliphatic rings. The summed E-state index contributed by atoms with van der Waals surface area (Å²) in [5.41, 5.74) is 2.69. The molecule has 0 radical (unpaired) electrons. The molecule has 0 saturated heterocycles. The lowest BCUT2D eigenvalue weighted by Gasteiger charge is -2.08. The number of nitrogens with zero attached hydrogens (tertiary/aromatic N) is 1. The Labute approximate surface area is 169 Å². The maximum absolute atomic E-state index is 6.18. The average Bonchev–Trinajstić information content (AvgIpc) is 2.67. The van der Waals surface area contributed by atoms with Crippen LogP contribution in [0.1, 0.15) is 18.1 Å². The standard InChI is InChI=1S/C22H19Cl2NO2/c1-2-26-20-10-8-19(9-11-20)25-14-16-4-3-5-21(12-16)27-15-17-6-7-18(23)13-22(17)24/h3-14H,2,15H2,1H3. The van der Waals surface area contributed by atoms with Crippen molar-refractivity contribution in [3.05, 3.63) is 87.9 Å². The van der Waals surface area contributed by atoms with E-state index in [9.17, 15) is 0 Å². The molecule has 3 nitrogen and oxygen atoms in total. The fourth-order valence-electron chi connectivity index (χ4n) is 2.43. The highest BCUT2D eigenvalue weighted by atomic mass is 35.5. The van der Waals surface area contributed by atoms with Crippen molar-refractivity contribution in [1.29, 1.82) is 0 Å². The molecule has 0 atom stereocenters. The summed E-state index contributed by atoms with van der Waals surface area (Å²) in [6, 6.07) is 20.8. The first-order valence-corrected chi connectivity index (χ1v) is 9.33. The van der Waals surface area contributed by atoms with E-state index in [1.165, 1.54) is 0 Å². The molecular formula is C22H19Cl2NO2. The van der Waals surface area contributed by atoms with Crippen molar-refractivity contribution < 1.29 is 9.47 Å². The third-order valence-corrected chi connectivity index (χ3v) is 4.36. The van der Waals surface area contributed by atoms with Gasteiger partial charge in [0.2, 0.25) is 0 Å². The summed E-state index contributed by atoms with van der Waals surface area (Å²) in [5, 5.41) is 1.20. The summed E-state index contributed by atoms with van der Waals surface area (Å²) in [7, 11) is 0. The molecule has 0 unspecified atom stereocenters. The smallest absolute Gasteiger partial charge is 0.120 e. The lowest BCUT2D eigenvalue weighted by Crippen LogP contribution is -1.96. The highest BCUT2D eigenvalue weighted by molar-refractivity contribution is 6.35. The van der Waals surface area contributed by atoms with Crippen LogP contribution in [0.4, 0.5) is 5.69 Å². The van der Waals surface area contributed by atoms with Gasteiger partial charge in [-0.2, -0.15) is 0 Å². The topological polar surface area (TPSA) is 30.8 Å². The van der Waals surface area contributed by atoms with Crippen LogP contribution in [-0.4, -0.2) is 12.8 Å². The van der Waals surface area contributed by atoms with E-state index < -0.39 is 0 Å². The number of benzene rings is 3. The second-order valence-electron chi connectivity index (χ2n) is 5.78. The number of hydrogen-bond donors (Lipinski definition) is 0. The van der Waals surface area contributed by atoms with E-state index in [2.05, 4.69) is 4.99 Å². The maximum Gasteiger partial charge on any atom is 0.120 e. The molecule has 0 saturated carbocycles. The van der Waals surface area contributed by atoms with Crippen LogP contribution < -0.4 is 9.47 Å². The SMILES string of the molecule is CCOc1ccc(N=Cc2cccc(OCc3ccc(Cl)cc3Cl)c2)cc1. The Morgan fingerprint density at radius 3 is 2.44 bits per heavy atom. The van der Waals surface area contributed by atoms with E-state index in [1.54, 1.807) is 18.3 Å². The van der Waals surface area contributed by atoms with Gasteiger partial charge in [0.1, 0.15) is 18.1 Å². The molecule has 0 N–H and O–H groups in total. The van der Waals surface area contributed by atoms with Crippen LogP contribution >= 0.6 is 23.2 Å². The van der Waals surface area contributed by atoms with Crippen molar-refractivity contribution in [2.24, 2.45) is 4.99 Å². The Hall–Kier alpha value is -2.49. The fraction of sp³-hybridized carbons (Fsp3) is 0.136. The van der Waals surface area contributed by atoms with E-state index in [-0.39, 0.29) is 0 Å². The highest BCUT2D eigenvalue weighted by Crippen LogP contribution is 2.23. The molecule has 5 heteroatoms. The van der Waals surface area contributed by atoms with Crippen LogP contribution in [0.15, 0.2) is 71.7 Å². The monoisotopic (exact) mass is 399 g/mol. The Bertz CT molecular complexity index is 924.